The third-order valence-corrected chi connectivity index (χ3v) is 6.12. The highest BCUT2D eigenvalue weighted by Gasteiger charge is 2.35. The van der Waals surface area contributed by atoms with Crippen LogP contribution in [-0.4, -0.2) is 27.2 Å². The second-order valence-corrected chi connectivity index (χ2v) is 8.16. The molecule has 4 aromatic rings. The first-order chi connectivity index (χ1) is 17.7. The normalized spacial score (nSPS) is 18.6. The number of aromatic nitrogens is 2. The second-order valence-electron chi connectivity index (χ2n) is 8.16. The fraction of sp³-hybridized carbons (Fsp3) is 0.0357. The molecule has 4 heterocycles. The fourth-order valence-electron chi connectivity index (χ4n) is 4.62. The third kappa shape index (κ3) is 3.61. The van der Waals surface area contributed by atoms with Crippen LogP contribution in [0.3, 0.4) is 0 Å². The van der Waals surface area contributed by atoms with Crippen molar-refractivity contribution in [1.82, 2.24) is 14.5 Å². The molecule has 176 valence electrons. The summed E-state index contributed by atoms with van der Waals surface area (Å²) >= 11 is 0. The number of carbonyl (C=O) groups is 2. The summed E-state index contributed by atoms with van der Waals surface area (Å²) in [6.45, 7) is 0.464. The molecule has 2 aliphatic heterocycles. The van der Waals surface area contributed by atoms with Gasteiger partial charge >= 0.3 is 0 Å². The summed E-state index contributed by atoms with van der Waals surface area (Å²) in [5, 5.41) is 4.23. The lowest BCUT2D eigenvalue weighted by Gasteiger charge is -2.03. The van der Waals surface area contributed by atoms with Gasteiger partial charge in [0.2, 0.25) is 0 Å². The summed E-state index contributed by atoms with van der Waals surface area (Å²) in [7, 11) is 0. The highest BCUT2D eigenvalue weighted by atomic mass is 16.5. The van der Waals surface area contributed by atoms with E-state index in [1.807, 2.05) is 70.1 Å². The maximum atomic E-state index is 13.2. The van der Waals surface area contributed by atoms with E-state index in [0.29, 0.717) is 28.8 Å². The number of hydrogen-bond acceptors (Lipinski definition) is 5. The van der Waals surface area contributed by atoms with E-state index in [4.69, 9.17) is 9.47 Å². The number of aliphatic imine (C=N–C) groups is 1. The Morgan fingerprint density at radius 1 is 0.750 bits per heavy atom. The Bertz CT molecular complexity index is 1680. The summed E-state index contributed by atoms with van der Waals surface area (Å²) in [6, 6.07) is 15.5. The summed E-state index contributed by atoms with van der Waals surface area (Å²) in [5.41, 5.74) is 3.83. The molecule has 0 radical (unpaired) electrons. The van der Waals surface area contributed by atoms with Gasteiger partial charge in [-0.05, 0) is 12.1 Å². The number of para-hydroxylation sites is 2. The van der Waals surface area contributed by atoms with Gasteiger partial charge in [0.1, 0.15) is 25.0 Å². The van der Waals surface area contributed by atoms with Gasteiger partial charge in [-0.3, -0.25) is 19.9 Å². The number of ether oxygens (including phenoxy) is 2. The molecule has 2 amide bonds. The summed E-state index contributed by atoms with van der Waals surface area (Å²) < 4.78 is 14.5. The van der Waals surface area contributed by atoms with E-state index < -0.39 is 11.8 Å². The molecule has 0 unspecified atom stereocenters. The van der Waals surface area contributed by atoms with Crippen LogP contribution in [0.4, 0.5) is 0 Å². The van der Waals surface area contributed by atoms with Crippen LogP contribution in [0.5, 0.6) is 0 Å². The van der Waals surface area contributed by atoms with Gasteiger partial charge in [0.15, 0.2) is 0 Å². The highest BCUT2D eigenvalue weighted by molar-refractivity contribution is 6.50. The summed E-state index contributed by atoms with van der Waals surface area (Å²) in [5.74, 6) is -0.842. The molecular formula is C28H20N4O4. The average molecular weight is 476 g/mol. The average Bonchev–Trinajstić information content (AvgIpc) is 3.52. The third-order valence-electron chi connectivity index (χ3n) is 6.12. The SMILES string of the molecule is O=C1NC(=O)C2=C1c1cn(c3ccccc13)/C=C/O/C=C\O/C=C/N=CCn1cc2c2ccccc21. The number of rotatable bonds is 0. The minimum Gasteiger partial charge on any atom is -0.468 e. The predicted molar refractivity (Wildman–Crippen MR) is 138 cm³/mol. The smallest absolute Gasteiger partial charge is 0.259 e. The quantitative estimate of drug-likeness (QED) is 0.374. The fourth-order valence-corrected chi connectivity index (χ4v) is 4.62. The largest absolute Gasteiger partial charge is 0.468 e. The van der Waals surface area contributed by atoms with Gasteiger partial charge in [-0.25, -0.2) is 0 Å². The van der Waals surface area contributed by atoms with Crippen molar-refractivity contribution in [3.05, 3.63) is 103 Å². The Hall–Kier alpha value is -5.11. The molecular weight excluding hydrogens is 456 g/mol. The van der Waals surface area contributed by atoms with Crippen molar-refractivity contribution in [3.63, 3.8) is 0 Å². The maximum absolute atomic E-state index is 13.2. The Morgan fingerprint density at radius 2 is 1.39 bits per heavy atom. The Labute approximate surface area is 205 Å². The van der Waals surface area contributed by atoms with Gasteiger partial charge in [0.05, 0.1) is 29.4 Å². The van der Waals surface area contributed by atoms with Gasteiger partial charge < -0.3 is 18.6 Å². The van der Waals surface area contributed by atoms with Crippen molar-refractivity contribution in [1.29, 1.82) is 0 Å². The zero-order chi connectivity index (χ0) is 24.5. The second kappa shape index (κ2) is 8.92. The molecule has 4 bridgehead atoms. The lowest BCUT2D eigenvalue weighted by molar-refractivity contribution is -0.122. The Kier molecular flexibility index (Phi) is 5.31. The number of nitrogens with one attached hydrogen (secondary N) is 1. The molecule has 8 nitrogen and oxygen atoms in total. The standard InChI is InChI=1S/C28H20N4O4/c33-27-25-21-17-31(23-7-3-1-5-19(21)23)11-9-29-10-13-35-15-16-36-14-12-32-18-22(26(25)28(34)30-27)20-6-2-4-8-24(20)32/h1-10,12-18H,11H2,(H,30,33,34)/b13-10+,14-12+,16-15-,29-9?. The van der Waals surface area contributed by atoms with Crippen LogP contribution in [0.25, 0.3) is 39.2 Å². The molecule has 0 saturated carbocycles. The van der Waals surface area contributed by atoms with Crippen molar-refractivity contribution < 1.29 is 19.1 Å². The molecule has 2 aliphatic rings. The van der Waals surface area contributed by atoms with Gasteiger partial charge in [0, 0.05) is 52.2 Å². The molecule has 0 fully saturated rings. The molecule has 8 heteroatoms. The van der Waals surface area contributed by atoms with Crippen LogP contribution in [0.1, 0.15) is 11.1 Å². The number of carbonyl (C=O) groups excluding carboxylic acids is 2. The molecule has 2 aromatic carbocycles. The zero-order valence-corrected chi connectivity index (χ0v) is 19.0. The molecule has 0 aliphatic carbocycles. The van der Waals surface area contributed by atoms with Crippen LogP contribution >= 0.6 is 0 Å². The molecule has 0 spiro atoms. The van der Waals surface area contributed by atoms with E-state index in [0.717, 1.165) is 21.8 Å². The molecule has 0 atom stereocenters. The molecule has 36 heavy (non-hydrogen) atoms. The van der Waals surface area contributed by atoms with Crippen LogP contribution in [0.2, 0.25) is 0 Å². The van der Waals surface area contributed by atoms with E-state index in [1.165, 1.54) is 31.2 Å². The van der Waals surface area contributed by atoms with Gasteiger partial charge in [-0.2, -0.15) is 0 Å². The van der Waals surface area contributed by atoms with Crippen LogP contribution < -0.4 is 5.32 Å². The van der Waals surface area contributed by atoms with E-state index in [2.05, 4.69) is 10.3 Å². The Balaban J connectivity index is 1.64. The number of amides is 2. The first-order valence-electron chi connectivity index (χ1n) is 11.3. The van der Waals surface area contributed by atoms with E-state index >= 15 is 0 Å². The first-order valence-corrected chi connectivity index (χ1v) is 11.3. The number of imide groups is 1. The maximum Gasteiger partial charge on any atom is 0.259 e. The molecule has 0 saturated heterocycles. The van der Waals surface area contributed by atoms with Crippen molar-refractivity contribution in [2.75, 3.05) is 0 Å². The van der Waals surface area contributed by atoms with Crippen molar-refractivity contribution in [2.45, 2.75) is 6.54 Å². The number of benzene rings is 2. The van der Waals surface area contributed by atoms with Crippen molar-refractivity contribution in [2.24, 2.45) is 4.99 Å². The lowest BCUT2D eigenvalue weighted by atomic mass is 9.95. The Morgan fingerprint density at radius 3 is 2.17 bits per heavy atom. The predicted octanol–water partition coefficient (Wildman–Crippen LogP) is 4.65. The minimum atomic E-state index is -0.423. The number of hydrogen-bond donors (Lipinski definition) is 1. The number of fused-ring (bicyclic) bond motifs is 12. The number of nitrogens with zero attached hydrogens (tertiary/aromatic N) is 3. The van der Waals surface area contributed by atoms with E-state index in [1.54, 1.807) is 12.4 Å². The molecule has 2 aromatic heterocycles. The molecule has 1 N–H and O–H groups in total. The van der Waals surface area contributed by atoms with E-state index in [9.17, 15) is 9.59 Å². The monoisotopic (exact) mass is 476 g/mol. The van der Waals surface area contributed by atoms with E-state index in [-0.39, 0.29) is 0 Å². The van der Waals surface area contributed by atoms with Crippen molar-refractivity contribution in [3.8, 4) is 0 Å². The zero-order valence-electron chi connectivity index (χ0n) is 19.0. The summed E-state index contributed by atoms with van der Waals surface area (Å²) in [6.07, 6.45) is 14.4. The molecule has 6 rings (SSSR count). The first kappa shape index (κ1) is 21.4. The van der Waals surface area contributed by atoms with Crippen LogP contribution in [0, 0.1) is 0 Å². The minimum absolute atomic E-state index is 0.343. The lowest BCUT2D eigenvalue weighted by Crippen LogP contribution is -2.22. The van der Waals surface area contributed by atoms with Crippen LogP contribution in [-0.2, 0) is 25.6 Å². The van der Waals surface area contributed by atoms with Gasteiger partial charge in [0.25, 0.3) is 11.8 Å². The summed E-state index contributed by atoms with van der Waals surface area (Å²) in [4.78, 5) is 30.6. The van der Waals surface area contributed by atoms with Crippen LogP contribution in [0.15, 0.2) is 97.2 Å². The highest BCUT2D eigenvalue weighted by Crippen LogP contribution is 2.39. The topological polar surface area (TPSA) is 86.8 Å². The van der Waals surface area contributed by atoms with Crippen molar-refractivity contribution >= 4 is 57.2 Å². The van der Waals surface area contributed by atoms with Gasteiger partial charge in [-0.1, -0.05) is 36.4 Å². The van der Waals surface area contributed by atoms with Gasteiger partial charge in [-0.15, -0.1) is 0 Å².